The normalized spacial score (nSPS) is 12.4. The van der Waals surface area contributed by atoms with Gasteiger partial charge in [-0.15, -0.1) is 0 Å². The van der Waals surface area contributed by atoms with Gasteiger partial charge < -0.3 is 20.7 Å². The van der Waals surface area contributed by atoms with Gasteiger partial charge in [-0.2, -0.15) is 0 Å². The fourth-order valence-corrected chi connectivity index (χ4v) is 3.15. The lowest BCUT2D eigenvalue weighted by Gasteiger charge is -2.23. The Hall–Kier alpha value is -3.75. The minimum atomic E-state index is -1.02. The Morgan fingerprint density at radius 1 is 0.941 bits per heavy atom. The molecule has 1 heterocycles. The SMILES string of the molecule is CCC(NC(=O)[C@H](CC(C)C)NC(=O)OCc1ccccc1)C(=O)C(=O)NCc1ccccn1. The average Bonchev–Trinajstić information content (AvgIpc) is 2.84. The molecule has 2 rings (SSSR count). The number of aromatic nitrogens is 1. The quantitative estimate of drug-likeness (QED) is 0.411. The first-order valence-corrected chi connectivity index (χ1v) is 11.3. The molecule has 0 aliphatic rings. The van der Waals surface area contributed by atoms with Gasteiger partial charge in [0.2, 0.25) is 11.7 Å². The highest BCUT2D eigenvalue weighted by molar-refractivity contribution is 6.38. The zero-order chi connectivity index (χ0) is 24.9. The average molecular weight is 469 g/mol. The number of ether oxygens (including phenoxy) is 1. The molecule has 1 aromatic heterocycles. The van der Waals surface area contributed by atoms with Crippen molar-refractivity contribution in [2.45, 2.75) is 58.8 Å². The summed E-state index contributed by atoms with van der Waals surface area (Å²) in [5.41, 5.74) is 1.42. The standard InChI is InChI=1S/C25H32N4O5/c1-4-20(22(30)24(32)27-15-19-12-8-9-13-26-19)28-23(31)21(14-17(2)3)29-25(33)34-16-18-10-6-5-7-11-18/h5-13,17,20-21H,4,14-16H2,1-3H3,(H,27,32)(H,28,31)(H,29,33)/t20?,21-/m0/s1. The van der Waals surface area contributed by atoms with E-state index in [2.05, 4.69) is 20.9 Å². The molecule has 0 radical (unpaired) electrons. The third kappa shape index (κ3) is 9.01. The summed E-state index contributed by atoms with van der Waals surface area (Å²) in [7, 11) is 0. The fourth-order valence-electron chi connectivity index (χ4n) is 3.15. The highest BCUT2D eigenvalue weighted by atomic mass is 16.5. The maximum Gasteiger partial charge on any atom is 0.408 e. The molecule has 9 heteroatoms. The number of ketones is 1. The van der Waals surface area contributed by atoms with E-state index in [0.29, 0.717) is 12.1 Å². The van der Waals surface area contributed by atoms with Crippen molar-refractivity contribution in [3.05, 3.63) is 66.0 Å². The van der Waals surface area contributed by atoms with Crippen LogP contribution in [-0.4, -0.2) is 40.8 Å². The van der Waals surface area contributed by atoms with Gasteiger partial charge in [0.15, 0.2) is 0 Å². The number of rotatable bonds is 12. The molecule has 0 fully saturated rings. The zero-order valence-electron chi connectivity index (χ0n) is 19.7. The Morgan fingerprint density at radius 2 is 1.65 bits per heavy atom. The molecule has 3 amide bonds. The number of benzene rings is 1. The number of nitrogens with zero attached hydrogens (tertiary/aromatic N) is 1. The molecular weight excluding hydrogens is 436 g/mol. The van der Waals surface area contributed by atoms with E-state index in [-0.39, 0.29) is 25.5 Å². The largest absolute Gasteiger partial charge is 0.445 e. The zero-order valence-corrected chi connectivity index (χ0v) is 19.7. The number of carbonyl (C=O) groups excluding carboxylic acids is 4. The van der Waals surface area contributed by atoms with Crippen molar-refractivity contribution in [1.82, 2.24) is 20.9 Å². The lowest BCUT2D eigenvalue weighted by atomic mass is 10.0. The summed E-state index contributed by atoms with van der Waals surface area (Å²) in [4.78, 5) is 54.2. The van der Waals surface area contributed by atoms with Crippen LogP contribution in [0.2, 0.25) is 0 Å². The second-order valence-electron chi connectivity index (χ2n) is 8.23. The van der Waals surface area contributed by atoms with Crippen LogP contribution in [0.5, 0.6) is 0 Å². The number of alkyl carbamates (subject to hydrolysis) is 1. The van der Waals surface area contributed by atoms with Crippen LogP contribution in [0.1, 0.15) is 44.9 Å². The summed E-state index contributed by atoms with van der Waals surface area (Å²) in [5, 5.41) is 7.68. The molecule has 9 nitrogen and oxygen atoms in total. The lowest BCUT2D eigenvalue weighted by Crippen LogP contribution is -2.54. The predicted molar refractivity (Wildman–Crippen MR) is 126 cm³/mol. The Balaban J connectivity index is 1.93. The number of carbonyl (C=O) groups is 4. The minimum Gasteiger partial charge on any atom is -0.445 e. The van der Waals surface area contributed by atoms with Gasteiger partial charge in [0.25, 0.3) is 5.91 Å². The molecule has 0 aliphatic carbocycles. The van der Waals surface area contributed by atoms with Crippen molar-refractivity contribution in [1.29, 1.82) is 0 Å². The number of amides is 3. The van der Waals surface area contributed by atoms with Crippen LogP contribution in [0.3, 0.4) is 0 Å². The molecule has 0 spiro atoms. The third-order valence-electron chi connectivity index (χ3n) is 4.95. The van der Waals surface area contributed by atoms with Gasteiger partial charge in [-0.1, -0.05) is 57.2 Å². The molecule has 0 saturated heterocycles. The molecule has 1 unspecified atom stereocenters. The number of nitrogens with one attached hydrogen (secondary N) is 3. The van der Waals surface area contributed by atoms with E-state index < -0.39 is 35.8 Å². The first-order chi connectivity index (χ1) is 16.3. The smallest absolute Gasteiger partial charge is 0.408 e. The van der Waals surface area contributed by atoms with E-state index in [4.69, 9.17) is 4.74 Å². The van der Waals surface area contributed by atoms with E-state index in [1.54, 1.807) is 31.3 Å². The maximum absolute atomic E-state index is 12.9. The van der Waals surface area contributed by atoms with Crippen molar-refractivity contribution in [3.8, 4) is 0 Å². The molecule has 0 bridgehead atoms. The van der Waals surface area contributed by atoms with Gasteiger partial charge in [-0.25, -0.2) is 4.79 Å². The second kappa shape index (κ2) is 13.7. The van der Waals surface area contributed by atoms with Crippen LogP contribution in [0.15, 0.2) is 54.7 Å². The molecule has 3 N–H and O–H groups in total. The first-order valence-electron chi connectivity index (χ1n) is 11.3. The summed E-state index contributed by atoms with van der Waals surface area (Å²) in [6.07, 6.45) is 1.40. The molecule has 34 heavy (non-hydrogen) atoms. The van der Waals surface area contributed by atoms with Crippen LogP contribution in [0, 0.1) is 5.92 Å². The van der Waals surface area contributed by atoms with Crippen molar-refractivity contribution >= 4 is 23.7 Å². The van der Waals surface area contributed by atoms with Crippen molar-refractivity contribution in [3.63, 3.8) is 0 Å². The first kappa shape index (κ1) is 26.5. The van der Waals surface area contributed by atoms with Gasteiger partial charge >= 0.3 is 6.09 Å². The Morgan fingerprint density at radius 3 is 2.26 bits per heavy atom. The van der Waals surface area contributed by atoms with Crippen LogP contribution in [0.25, 0.3) is 0 Å². The number of hydrogen-bond acceptors (Lipinski definition) is 6. The van der Waals surface area contributed by atoms with E-state index in [1.165, 1.54) is 0 Å². The van der Waals surface area contributed by atoms with Gasteiger partial charge in [-0.05, 0) is 36.5 Å². The maximum atomic E-state index is 12.9. The van der Waals surface area contributed by atoms with Gasteiger partial charge in [0, 0.05) is 6.20 Å². The highest BCUT2D eigenvalue weighted by Crippen LogP contribution is 2.08. The monoisotopic (exact) mass is 468 g/mol. The number of Topliss-reactive ketones (excluding diaryl/α,β-unsaturated/α-hetero) is 1. The second-order valence-corrected chi connectivity index (χ2v) is 8.23. The molecule has 0 saturated carbocycles. The number of pyridine rings is 1. The van der Waals surface area contributed by atoms with Gasteiger partial charge in [0.1, 0.15) is 12.6 Å². The van der Waals surface area contributed by atoms with E-state index >= 15 is 0 Å². The predicted octanol–water partition coefficient (Wildman–Crippen LogP) is 2.50. The Kier molecular flexibility index (Phi) is 10.7. The summed E-state index contributed by atoms with van der Waals surface area (Å²) < 4.78 is 5.21. The molecule has 182 valence electrons. The summed E-state index contributed by atoms with van der Waals surface area (Å²) >= 11 is 0. The number of hydrogen-bond donors (Lipinski definition) is 3. The summed E-state index contributed by atoms with van der Waals surface area (Å²) in [5.74, 6) is -2.04. The molecule has 1 aromatic carbocycles. The topological polar surface area (TPSA) is 126 Å². The van der Waals surface area contributed by atoms with Gasteiger partial charge in [0.05, 0.1) is 18.3 Å². The van der Waals surface area contributed by atoms with Crippen molar-refractivity contribution in [2.24, 2.45) is 5.92 Å². The van der Waals surface area contributed by atoms with Crippen LogP contribution < -0.4 is 16.0 Å². The molecule has 2 aromatic rings. The minimum absolute atomic E-state index is 0.0647. The fraction of sp³-hybridized carbons (Fsp3) is 0.400. The van der Waals surface area contributed by atoms with Crippen molar-refractivity contribution in [2.75, 3.05) is 0 Å². The van der Waals surface area contributed by atoms with Crippen LogP contribution in [-0.2, 0) is 32.3 Å². The van der Waals surface area contributed by atoms with E-state index in [1.807, 2.05) is 44.2 Å². The Labute approximate surface area is 199 Å². The lowest BCUT2D eigenvalue weighted by molar-refractivity contribution is -0.140. The molecule has 2 atom stereocenters. The van der Waals surface area contributed by atoms with Crippen LogP contribution >= 0.6 is 0 Å². The molecular formula is C25H32N4O5. The third-order valence-corrected chi connectivity index (χ3v) is 4.95. The summed E-state index contributed by atoms with van der Waals surface area (Å²) in [6, 6.07) is 12.5. The summed E-state index contributed by atoms with van der Waals surface area (Å²) in [6.45, 7) is 5.67. The van der Waals surface area contributed by atoms with E-state index in [9.17, 15) is 19.2 Å². The van der Waals surface area contributed by atoms with Gasteiger partial charge in [-0.3, -0.25) is 19.4 Å². The van der Waals surface area contributed by atoms with E-state index in [0.717, 1.165) is 5.56 Å². The Bertz CT molecular complexity index is 950. The highest BCUT2D eigenvalue weighted by Gasteiger charge is 2.29. The van der Waals surface area contributed by atoms with Crippen molar-refractivity contribution < 1.29 is 23.9 Å². The van der Waals surface area contributed by atoms with Crippen LogP contribution in [0.4, 0.5) is 4.79 Å². The molecule has 0 aliphatic heterocycles.